The van der Waals surface area contributed by atoms with Crippen molar-refractivity contribution < 1.29 is 23.9 Å². The largest absolute Gasteiger partial charge is 0.434 e. The van der Waals surface area contributed by atoms with Gasteiger partial charge in [-0.1, -0.05) is 55.4 Å². The van der Waals surface area contributed by atoms with Crippen molar-refractivity contribution in [2.45, 2.75) is 100 Å². The summed E-state index contributed by atoms with van der Waals surface area (Å²) in [6.07, 6.45) is 7.25. The fraction of sp³-hybridized carbons (Fsp3) is 0.783. The van der Waals surface area contributed by atoms with Crippen LogP contribution in [0.15, 0.2) is 11.8 Å². The van der Waals surface area contributed by atoms with Crippen LogP contribution >= 0.6 is 0 Å². The van der Waals surface area contributed by atoms with Gasteiger partial charge in [-0.25, -0.2) is 0 Å². The minimum absolute atomic E-state index is 0.00575. The van der Waals surface area contributed by atoms with Gasteiger partial charge in [-0.2, -0.15) is 0 Å². The van der Waals surface area contributed by atoms with Gasteiger partial charge in [0, 0.05) is 0 Å². The summed E-state index contributed by atoms with van der Waals surface area (Å²) in [5.74, 6) is -1.12. The number of hydrogen-bond donors (Lipinski definition) is 0. The molecule has 0 bridgehead atoms. The molecule has 0 N–H and O–H groups in total. The van der Waals surface area contributed by atoms with Crippen LogP contribution in [0.5, 0.6) is 0 Å². The molecule has 0 spiro atoms. The van der Waals surface area contributed by atoms with Crippen molar-refractivity contribution in [2.24, 2.45) is 17.8 Å². The highest BCUT2D eigenvalue weighted by atomic mass is 16.6. The average Bonchev–Trinajstić information content (AvgIpc) is 2.70. The molecule has 0 saturated heterocycles. The maximum absolute atomic E-state index is 11.5. The number of hydrogen-bond acceptors (Lipinski definition) is 5. The van der Waals surface area contributed by atoms with Crippen LogP contribution < -0.4 is 0 Å². The Kier molecular flexibility index (Phi) is 17.8. The van der Waals surface area contributed by atoms with Crippen LogP contribution in [0.3, 0.4) is 0 Å². The van der Waals surface area contributed by atoms with Crippen LogP contribution in [-0.2, 0) is 23.9 Å². The van der Waals surface area contributed by atoms with Crippen molar-refractivity contribution in [3.8, 4) is 0 Å². The predicted octanol–water partition coefficient (Wildman–Crippen LogP) is 6.21. The van der Waals surface area contributed by atoms with Crippen LogP contribution in [0.2, 0.25) is 0 Å². The monoisotopic (exact) mass is 398 g/mol. The van der Waals surface area contributed by atoms with E-state index in [1.807, 2.05) is 41.5 Å². The van der Waals surface area contributed by atoms with Gasteiger partial charge in [0.2, 0.25) is 0 Å². The van der Waals surface area contributed by atoms with E-state index in [9.17, 15) is 14.4 Å². The summed E-state index contributed by atoms with van der Waals surface area (Å²) in [5, 5.41) is 0. The predicted molar refractivity (Wildman–Crippen MR) is 113 cm³/mol. The SMILES string of the molecule is CCC(=COC(=O)C(C)CC)CC.CCC(CC)C(=O)OC(=O)C(CC)CC. The summed E-state index contributed by atoms with van der Waals surface area (Å²) in [6, 6.07) is 0. The lowest BCUT2D eigenvalue weighted by atomic mass is 10.0. The Balaban J connectivity index is 0. The minimum Gasteiger partial charge on any atom is -0.434 e. The molecule has 5 heteroatoms. The Hall–Kier alpha value is -1.65. The van der Waals surface area contributed by atoms with E-state index in [2.05, 4.69) is 13.8 Å². The first-order chi connectivity index (χ1) is 13.2. The van der Waals surface area contributed by atoms with E-state index >= 15 is 0 Å². The third-order valence-corrected chi connectivity index (χ3v) is 5.10. The van der Waals surface area contributed by atoms with Gasteiger partial charge < -0.3 is 9.47 Å². The van der Waals surface area contributed by atoms with Gasteiger partial charge in [0.1, 0.15) is 0 Å². The average molecular weight is 399 g/mol. The topological polar surface area (TPSA) is 69.7 Å². The second kappa shape index (κ2) is 17.4. The van der Waals surface area contributed by atoms with Crippen molar-refractivity contribution in [2.75, 3.05) is 0 Å². The van der Waals surface area contributed by atoms with Crippen molar-refractivity contribution in [1.82, 2.24) is 0 Å². The Morgan fingerprint density at radius 2 is 1.07 bits per heavy atom. The molecule has 0 aromatic heterocycles. The van der Waals surface area contributed by atoms with Crippen molar-refractivity contribution in [3.05, 3.63) is 11.8 Å². The third-order valence-electron chi connectivity index (χ3n) is 5.10. The Labute approximate surface area is 172 Å². The zero-order chi connectivity index (χ0) is 22.1. The molecule has 0 heterocycles. The molecular weight excluding hydrogens is 356 g/mol. The summed E-state index contributed by atoms with van der Waals surface area (Å²) in [6.45, 7) is 15.7. The fourth-order valence-corrected chi connectivity index (χ4v) is 2.35. The molecule has 0 aliphatic rings. The second-order valence-electron chi connectivity index (χ2n) is 7.00. The number of carbonyl (C=O) groups is 3. The van der Waals surface area contributed by atoms with Gasteiger partial charge >= 0.3 is 17.9 Å². The molecule has 28 heavy (non-hydrogen) atoms. The van der Waals surface area contributed by atoms with Gasteiger partial charge in [0.25, 0.3) is 0 Å². The highest BCUT2D eigenvalue weighted by molar-refractivity contribution is 5.87. The Bertz CT molecular complexity index is 445. The smallest absolute Gasteiger partial charge is 0.316 e. The standard InChI is InChI=1S/C12H22O3.C11H20O2/c1-5-9(6-2)11(13)15-12(14)10(7-3)8-4;1-5-9(4)11(12)13-8-10(6-2)7-3/h9-10H,5-8H2,1-4H3;8-9H,5-7H2,1-4H3. The number of allylic oxidation sites excluding steroid dienone is 1. The van der Waals surface area contributed by atoms with Gasteiger partial charge in [-0.15, -0.1) is 0 Å². The first-order valence-electron chi connectivity index (χ1n) is 10.9. The first-order valence-corrected chi connectivity index (χ1v) is 10.9. The lowest BCUT2D eigenvalue weighted by molar-refractivity contribution is -0.165. The zero-order valence-electron chi connectivity index (χ0n) is 19.3. The van der Waals surface area contributed by atoms with E-state index in [4.69, 9.17) is 9.47 Å². The number of ether oxygens (including phenoxy) is 2. The van der Waals surface area contributed by atoms with E-state index in [1.165, 1.54) is 5.57 Å². The summed E-state index contributed by atoms with van der Waals surface area (Å²) < 4.78 is 9.90. The van der Waals surface area contributed by atoms with E-state index in [-0.39, 0.29) is 35.7 Å². The van der Waals surface area contributed by atoms with Crippen LogP contribution in [0.25, 0.3) is 0 Å². The number of rotatable bonds is 11. The molecule has 0 fully saturated rings. The Morgan fingerprint density at radius 3 is 1.36 bits per heavy atom. The number of esters is 3. The van der Waals surface area contributed by atoms with Gasteiger partial charge in [0.05, 0.1) is 24.0 Å². The molecule has 0 rings (SSSR count). The lowest BCUT2D eigenvalue weighted by Gasteiger charge is -2.14. The lowest BCUT2D eigenvalue weighted by Crippen LogP contribution is -2.25. The highest BCUT2D eigenvalue weighted by Gasteiger charge is 2.23. The molecule has 0 amide bonds. The molecular formula is C23H42O5. The van der Waals surface area contributed by atoms with E-state index in [0.717, 1.165) is 44.9 Å². The molecule has 0 aliphatic heterocycles. The zero-order valence-corrected chi connectivity index (χ0v) is 19.3. The van der Waals surface area contributed by atoms with Crippen LogP contribution in [0.1, 0.15) is 100 Å². The molecule has 0 aromatic rings. The van der Waals surface area contributed by atoms with E-state index in [0.29, 0.717) is 0 Å². The van der Waals surface area contributed by atoms with Crippen LogP contribution in [-0.4, -0.2) is 17.9 Å². The molecule has 164 valence electrons. The van der Waals surface area contributed by atoms with Gasteiger partial charge in [-0.3, -0.25) is 14.4 Å². The third kappa shape index (κ3) is 11.9. The molecule has 0 radical (unpaired) electrons. The van der Waals surface area contributed by atoms with Crippen molar-refractivity contribution in [1.29, 1.82) is 0 Å². The first kappa shape index (κ1) is 28.6. The molecule has 0 saturated carbocycles. The maximum atomic E-state index is 11.5. The van der Waals surface area contributed by atoms with E-state index in [1.54, 1.807) is 6.26 Å². The molecule has 1 unspecified atom stereocenters. The highest BCUT2D eigenvalue weighted by Crippen LogP contribution is 2.14. The molecule has 0 aromatic carbocycles. The normalized spacial score (nSPS) is 11.4. The van der Waals surface area contributed by atoms with Gasteiger partial charge in [-0.05, 0) is 50.5 Å². The minimum atomic E-state index is -0.364. The summed E-state index contributed by atoms with van der Waals surface area (Å²) in [7, 11) is 0. The summed E-state index contributed by atoms with van der Waals surface area (Å²) in [4.78, 5) is 34.3. The summed E-state index contributed by atoms with van der Waals surface area (Å²) >= 11 is 0. The fourth-order valence-electron chi connectivity index (χ4n) is 2.35. The van der Waals surface area contributed by atoms with Crippen LogP contribution in [0.4, 0.5) is 0 Å². The van der Waals surface area contributed by atoms with Crippen molar-refractivity contribution >= 4 is 17.9 Å². The van der Waals surface area contributed by atoms with Crippen molar-refractivity contribution in [3.63, 3.8) is 0 Å². The molecule has 5 nitrogen and oxygen atoms in total. The van der Waals surface area contributed by atoms with Crippen LogP contribution in [0, 0.1) is 17.8 Å². The Morgan fingerprint density at radius 1 is 0.679 bits per heavy atom. The summed E-state index contributed by atoms with van der Waals surface area (Å²) in [5.41, 5.74) is 1.18. The maximum Gasteiger partial charge on any atom is 0.316 e. The number of carbonyl (C=O) groups excluding carboxylic acids is 3. The van der Waals surface area contributed by atoms with Gasteiger partial charge in [0.15, 0.2) is 0 Å². The molecule has 0 aliphatic carbocycles. The van der Waals surface area contributed by atoms with E-state index < -0.39 is 0 Å². The quantitative estimate of drug-likeness (QED) is 0.235. The second-order valence-corrected chi connectivity index (χ2v) is 7.00. The molecule has 1 atom stereocenters.